The summed E-state index contributed by atoms with van der Waals surface area (Å²) in [6, 6.07) is 7.63. The molecule has 1 atom stereocenters. The average molecular weight is 448 g/mol. The van der Waals surface area contributed by atoms with Gasteiger partial charge in [-0.15, -0.1) is 10.2 Å². The second-order valence-corrected chi connectivity index (χ2v) is 9.34. The van der Waals surface area contributed by atoms with Crippen LogP contribution in [-0.4, -0.2) is 46.2 Å². The number of rotatable bonds is 4. The molecule has 1 aromatic heterocycles. The van der Waals surface area contributed by atoms with E-state index in [0.717, 1.165) is 31.2 Å². The van der Waals surface area contributed by atoms with E-state index in [4.69, 9.17) is 11.6 Å². The van der Waals surface area contributed by atoms with E-state index in [1.165, 1.54) is 30.6 Å². The number of nitrogens with zero attached hydrogens (tertiary/aromatic N) is 3. The topological polar surface area (TPSA) is 87.2 Å². The number of carbonyl (C=O) groups is 2. The average Bonchev–Trinajstić information content (AvgIpc) is 3.23. The summed E-state index contributed by atoms with van der Waals surface area (Å²) < 4.78 is 0. The molecule has 3 amide bonds. The van der Waals surface area contributed by atoms with Gasteiger partial charge in [0.25, 0.3) is 0 Å². The molecule has 0 spiro atoms. The molecule has 1 saturated carbocycles. The third-order valence-electron chi connectivity index (χ3n) is 5.77. The van der Waals surface area contributed by atoms with Gasteiger partial charge < -0.3 is 15.5 Å². The minimum absolute atomic E-state index is 0.0451. The third-order valence-corrected chi connectivity index (χ3v) is 6.97. The van der Waals surface area contributed by atoms with Gasteiger partial charge in [0.15, 0.2) is 5.01 Å². The molecule has 2 aliphatic rings. The molecular weight excluding hydrogens is 422 g/mol. The van der Waals surface area contributed by atoms with Gasteiger partial charge in [0, 0.05) is 24.7 Å². The van der Waals surface area contributed by atoms with Crippen molar-refractivity contribution in [2.45, 2.75) is 51.0 Å². The third kappa shape index (κ3) is 5.10. The first kappa shape index (κ1) is 21.1. The van der Waals surface area contributed by atoms with Crippen LogP contribution in [0, 0.1) is 5.92 Å². The Labute approximate surface area is 185 Å². The number of anilines is 1. The highest BCUT2D eigenvalue weighted by molar-refractivity contribution is 7.18. The summed E-state index contributed by atoms with van der Waals surface area (Å²) in [5.41, 5.74) is 0.792. The summed E-state index contributed by atoms with van der Waals surface area (Å²) in [7, 11) is 0. The molecule has 2 N–H and O–H groups in total. The largest absolute Gasteiger partial charge is 0.335 e. The van der Waals surface area contributed by atoms with Gasteiger partial charge in [-0.25, -0.2) is 4.79 Å². The van der Waals surface area contributed by atoms with Crippen molar-refractivity contribution in [1.29, 1.82) is 0 Å². The first-order valence-electron chi connectivity index (χ1n) is 10.5. The first-order chi connectivity index (χ1) is 14.6. The lowest BCUT2D eigenvalue weighted by atomic mass is 9.95. The number of carbonyl (C=O) groups excluding carboxylic acids is 2. The Morgan fingerprint density at radius 1 is 1.07 bits per heavy atom. The maximum Gasteiger partial charge on any atom is 0.317 e. The lowest BCUT2D eigenvalue weighted by molar-refractivity contribution is -0.121. The molecule has 0 bridgehead atoms. The predicted molar refractivity (Wildman–Crippen MR) is 119 cm³/mol. The van der Waals surface area contributed by atoms with Crippen molar-refractivity contribution in [2.75, 3.05) is 18.4 Å². The number of urea groups is 1. The number of benzene rings is 1. The molecule has 1 aliphatic carbocycles. The Hall–Kier alpha value is -2.19. The second kappa shape index (κ2) is 9.75. The Bertz CT molecular complexity index is 899. The number of nitrogens with one attached hydrogen (secondary N) is 2. The van der Waals surface area contributed by atoms with Crippen molar-refractivity contribution in [3.63, 3.8) is 0 Å². The highest BCUT2D eigenvalue weighted by atomic mass is 35.5. The van der Waals surface area contributed by atoms with Crippen LogP contribution in [0.4, 0.5) is 9.93 Å². The summed E-state index contributed by atoms with van der Waals surface area (Å²) in [5, 5.41) is 15.9. The van der Waals surface area contributed by atoms with E-state index in [1.807, 2.05) is 18.2 Å². The zero-order valence-corrected chi connectivity index (χ0v) is 18.3. The summed E-state index contributed by atoms with van der Waals surface area (Å²) in [6.07, 6.45) is 7.28. The van der Waals surface area contributed by atoms with Gasteiger partial charge in [0.1, 0.15) is 0 Å². The van der Waals surface area contributed by atoms with Crippen molar-refractivity contribution in [1.82, 2.24) is 20.4 Å². The minimum atomic E-state index is -0.247. The van der Waals surface area contributed by atoms with E-state index >= 15 is 0 Å². The van der Waals surface area contributed by atoms with Crippen molar-refractivity contribution in [3.8, 4) is 10.6 Å². The molecule has 30 heavy (non-hydrogen) atoms. The molecule has 160 valence electrons. The number of hydrogen-bond acceptors (Lipinski definition) is 5. The zero-order valence-electron chi connectivity index (χ0n) is 16.8. The maximum atomic E-state index is 12.8. The molecule has 7 nitrogen and oxygen atoms in total. The number of likely N-dealkylation sites (tertiary alicyclic amines) is 1. The summed E-state index contributed by atoms with van der Waals surface area (Å²) >= 11 is 7.51. The first-order valence-corrected chi connectivity index (χ1v) is 11.7. The molecule has 1 aromatic carbocycles. The monoisotopic (exact) mass is 447 g/mol. The summed E-state index contributed by atoms with van der Waals surface area (Å²) in [5.74, 6) is -0.365. The smallest absolute Gasteiger partial charge is 0.317 e. The van der Waals surface area contributed by atoms with Crippen molar-refractivity contribution in [3.05, 3.63) is 29.3 Å². The van der Waals surface area contributed by atoms with Gasteiger partial charge >= 0.3 is 6.03 Å². The number of piperidine rings is 1. The molecule has 9 heteroatoms. The van der Waals surface area contributed by atoms with Crippen molar-refractivity contribution < 1.29 is 9.59 Å². The molecule has 1 unspecified atom stereocenters. The van der Waals surface area contributed by atoms with Crippen LogP contribution in [0.5, 0.6) is 0 Å². The number of amides is 3. The number of aromatic nitrogens is 2. The predicted octanol–water partition coefficient (Wildman–Crippen LogP) is 4.55. The van der Waals surface area contributed by atoms with Crippen LogP contribution >= 0.6 is 22.9 Å². The van der Waals surface area contributed by atoms with Crippen molar-refractivity contribution in [2.24, 2.45) is 5.92 Å². The SMILES string of the molecule is O=C(Nc1nnc(-c2ccccc2Cl)s1)C1CCCN(C(=O)NC2CCCCC2)C1. The number of hydrogen-bond donors (Lipinski definition) is 2. The lowest BCUT2D eigenvalue weighted by Crippen LogP contribution is -2.50. The van der Waals surface area contributed by atoms with E-state index < -0.39 is 0 Å². The molecule has 2 heterocycles. The molecule has 1 aliphatic heterocycles. The Kier molecular flexibility index (Phi) is 6.84. The van der Waals surface area contributed by atoms with Crippen LogP contribution < -0.4 is 10.6 Å². The molecule has 1 saturated heterocycles. The van der Waals surface area contributed by atoms with Crippen LogP contribution in [0.3, 0.4) is 0 Å². The van der Waals surface area contributed by atoms with Crippen LogP contribution in [0.25, 0.3) is 10.6 Å². The van der Waals surface area contributed by atoms with Gasteiger partial charge in [0.05, 0.1) is 10.9 Å². The molecular formula is C21H26ClN5O2S. The van der Waals surface area contributed by atoms with Gasteiger partial charge in [-0.05, 0) is 31.7 Å². The highest BCUT2D eigenvalue weighted by Gasteiger charge is 2.30. The normalized spacial score (nSPS) is 20.0. The quantitative estimate of drug-likeness (QED) is 0.719. The van der Waals surface area contributed by atoms with Gasteiger partial charge in [-0.1, -0.05) is 60.4 Å². The maximum absolute atomic E-state index is 12.8. The number of halogens is 1. The molecule has 0 radical (unpaired) electrons. The fourth-order valence-corrected chi connectivity index (χ4v) is 5.18. The molecule has 4 rings (SSSR count). The van der Waals surface area contributed by atoms with E-state index in [-0.39, 0.29) is 23.9 Å². The van der Waals surface area contributed by atoms with Gasteiger partial charge in [0.2, 0.25) is 11.0 Å². The zero-order chi connectivity index (χ0) is 20.9. The van der Waals surface area contributed by atoms with E-state index in [0.29, 0.717) is 28.3 Å². The summed E-state index contributed by atoms with van der Waals surface area (Å²) in [6.45, 7) is 1.12. The van der Waals surface area contributed by atoms with Crippen LogP contribution in [0.1, 0.15) is 44.9 Å². The fraction of sp³-hybridized carbons (Fsp3) is 0.524. The summed E-state index contributed by atoms with van der Waals surface area (Å²) in [4.78, 5) is 27.2. The lowest BCUT2D eigenvalue weighted by Gasteiger charge is -2.33. The Balaban J connectivity index is 1.33. The highest BCUT2D eigenvalue weighted by Crippen LogP contribution is 2.32. The van der Waals surface area contributed by atoms with Crippen LogP contribution in [0.15, 0.2) is 24.3 Å². The molecule has 2 aromatic rings. The fourth-order valence-electron chi connectivity index (χ4n) is 4.11. The minimum Gasteiger partial charge on any atom is -0.335 e. The van der Waals surface area contributed by atoms with Gasteiger partial charge in [-0.2, -0.15) is 0 Å². The second-order valence-electron chi connectivity index (χ2n) is 7.95. The Morgan fingerprint density at radius 2 is 1.87 bits per heavy atom. The van der Waals surface area contributed by atoms with Gasteiger partial charge in [-0.3, -0.25) is 4.79 Å². The van der Waals surface area contributed by atoms with Crippen molar-refractivity contribution >= 4 is 40.0 Å². The van der Waals surface area contributed by atoms with E-state index in [2.05, 4.69) is 20.8 Å². The van der Waals surface area contributed by atoms with E-state index in [1.54, 1.807) is 11.0 Å². The van der Waals surface area contributed by atoms with Crippen LogP contribution in [-0.2, 0) is 4.79 Å². The Morgan fingerprint density at radius 3 is 2.67 bits per heavy atom. The standard InChI is InChI=1S/C21H26ClN5O2S/c22-17-11-5-4-10-16(17)19-25-26-20(30-19)24-18(28)14-7-6-12-27(13-14)21(29)23-15-8-2-1-3-9-15/h4-5,10-11,14-15H,1-3,6-9,12-13H2,(H,23,29)(H,24,26,28). The molecule has 2 fully saturated rings. The van der Waals surface area contributed by atoms with Crippen LogP contribution in [0.2, 0.25) is 5.02 Å². The van der Waals surface area contributed by atoms with E-state index in [9.17, 15) is 9.59 Å².